The summed E-state index contributed by atoms with van der Waals surface area (Å²) in [5.74, 6) is 6.03. The summed E-state index contributed by atoms with van der Waals surface area (Å²) in [6, 6.07) is 7.97. The average Bonchev–Trinajstić information content (AvgIpc) is 2.73. The highest BCUT2D eigenvalue weighted by Crippen LogP contribution is 2.15. The first kappa shape index (κ1) is 25.4. The van der Waals surface area contributed by atoms with Crippen LogP contribution in [0.25, 0.3) is 0 Å². The van der Waals surface area contributed by atoms with Crippen LogP contribution in [0.5, 0.6) is 0 Å². The molecule has 3 N–H and O–H groups in total. The van der Waals surface area contributed by atoms with Crippen LogP contribution < -0.4 is 5.73 Å². The van der Waals surface area contributed by atoms with E-state index in [9.17, 15) is 0 Å². The molecule has 1 aromatic carbocycles. The highest BCUT2D eigenvalue weighted by atomic mass is 35.5. The summed E-state index contributed by atoms with van der Waals surface area (Å²) in [5.41, 5.74) is 10.7. The van der Waals surface area contributed by atoms with Crippen LogP contribution in [0.4, 0.5) is 0 Å². The number of nitrogens with two attached hydrogens (primary N) is 1. The van der Waals surface area contributed by atoms with Gasteiger partial charge in [-0.05, 0) is 55.7 Å². The number of halogens is 1. The molecule has 0 aromatic heterocycles. The van der Waals surface area contributed by atoms with Gasteiger partial charge in [-0.2, -0.15) is 0 Å². The third-order valence-corrected chi connectivity index (χ3v) is 4.48. The lowest BCUT2D eigenvalue weighted by molar-refractivity contribution is 0.342. The number of aliphatic hydroxyl groups excluding tert-OH is 1. The summed E-state index contributed by atoms with van der Waals surface area (Å²) in [6.45, 7) is 7.32. The second-order valence-electron chi connectivity index (χ2n) is 6.43. The van der Waals surface area contributed by atoms with Crippen molar-refractivity contribution in [1.82, 2.24) is 0 Å². The van der Waals surface area contributed by atoms with Crippen molar-refractivity contribution in [3.05, 3.63) is 93.6 Å². The minimum absolute atomic E-state index is 0.0638. The zero-order valence-corrected chi connectivity index (χ0v) is 18.8. The van der Waals surface area contributed by atoms with Crippen LogP contribution in [0, 0.1) is 18.8 Å². The molecule has 1 aromatic rings. The van der Waals surface area contributed by atoms with Gasteiger partial charge in [0.2, 0.25) is 0 Å². The Kier molecular flexibility index (Phi) is 12.9. The quantitative estimate of drug-likeness (QED) is 0.513. The molecule has 30 heavy (non-hydrogen) atoms. The number of hydrogen-bond acceptors (Lipinski definition) is 3. The van der Waals surface area contributed by atoms with Crippen molar-refractivity contribution in [2.45, 2.75) is 27.2 Å². The van der Waals surface area contributed by atoms with Crippen LogP contribution in [0.1, 0.15) is 31.4 Å². The number of benzene rings is 1. The van der Waals surface area contributed by atoms with E-state index in [-0.39, 0.29) is 6.61 Å². The van der Waals surface area contributed by atoms with E-state index in [0.29, 0.717) is 17.2 Å². The van der Waals surface area contributed by atoms with Gasteiger partial charge < -0.3 is 10.8 Å². The maximum absolute atomic E-state index is 8.96. The third kappa shape index (κ3) is 9.71. The Morgan fingerprint density at radius 2 is 2.00 bits per heavy atom. The van der Waals surface area contributed by atoms with E-state index in [2.05, 4.69) is 29.0 Å². The monoisotopic (exact) mass is 422 g/mol. The van der Waals surface area contributed by atoms with Gasteiger partial charge in [-0.3, -0.25) is 4.99 Å². The molecule has 4 heteroatoms. The molecular weight excluding hydrogens is 392 g/mol. The number of allylic oxidation sites excluding steroid dienone is 6. The van der Waals surface area contributed by atoms with E-state index in [4.69, 9.17) is 22.4 Å². The van der Waals surface area contributed by atoms with Crippen molar-refractivity contribution in [2.24, 2.45) is 10.7 Å². The Morgan fingerprint density at radius 3 is 2.60 bits per heavy atom. The summed E-state index contributed by atoms with van der Waals surface area (Å²) in [6.07, 6.45) is 14.3. The Balaban J connectivity index is 0.000000325. The molecule has 0 saturated heterocycles. The zero-order valence-electron chi connectivity index (χ0n) is 18.0. The van der Waals surface area contributed by atoms with Crippen molar-refractivity contribution < 1.29 is 5.11 Å². The summed E-state index contributed by atoms with van der Waals surface area (Å²) in [5, 5.41) is 9.55. The van der Waals surface area contributed by atoms with E-state index in [1.165, 1.54) is 11.1 Å². The largest absolute Gasteiger partial charge is 0.392 e. The van der Waals surface area contributed by atoms with Gasteiger partial charge in [0.25, 0.3) is 0 Å². The summed E-state index contributed by atoms with van der Waals surface area (Å²) in [4.78, 5) is 4.13. The molecule has 0 fully saturated rings. The first-order chi connectivity index (χ1) is 14.5. The predicted octanol–water partition coefficient (Wildman–Crippen LogP) is 5.26. The molecule has 1 heterocycles. The highest BCUT2D eigenvalue weighted by molar-refractivity contribution is 6.32. The average molecular weight is 423 g/mol. The van der Waals surface area contributed by atoms with Gasteiger partial charge in [0, 0.05) is 23.9 Å². The second-order valence-corrected chi connectivity index (χ2v) is 6.84. The molecule has 0 radical (unpaired) electrons. The van der Waals surface area contributed by atoms with Gasteiger partial charge in [0.1, 0.15) is 0 Å². The summed E-state index contributed by atoms with van der Waals surface area (Å²) < 4.78 is 0. The van der Waals surface area contributed by atoms with E-state index >= 15 is 0 Å². The zero-order chi connectivity index (χ0) is 22.2. The van der Waals surface area contributed by atoms with E-state index in [0.717, 1.165) is 24.1 Å². The maximum Gasteiger partial charge on any atom is 0.0627 e. The van der Waals surface area contributed by atoms with Crippen LogP contribution in [0.2, 0.25) is 0 Å². The SMILES string of the molecule is C/C=C1\C=C/CN=C/C=C\1CN.CC/C=C(Cl)\C(C#Cc1ccc(C)cc1)=C/CO. The minimum atomic E-state index is -0.0638. The van der Waals surface area contributed by atoms with Gasteiger partial charge in [-0.1, -0.05) is 72.4 Å². The molecule has 2 rings (SSSR count). The summed E-state index contributed by atoms with van der Waals surface area (Å²) >= 11 is 6.10. The van der Waals surface area contributed by atoms with Crippen molar-refractivity contribution in [2.75, 3.05) is 19.7 Å². The van der Waals surface area contributed by atoms with Gasteiger partial charge in [-0.15, -0.1) is 0 Å². The molecule has 1 aliphatic rings. The van der Waals surface area contributed by atoms with Crippen LogP contribution >= 0.6 is 11.6 Å². The second kappa shape index (κ2) is 15.2. The van der Waals surface area contributed by atoms with E-state index in [1.54, 1.807) is 6.08 Å². The Hall–Kier alpha value is -2.64. The third-order valence-electron chi connectivity index (χ3n) is 4.12. The first-order valence-electron chi connectivity index (χ1n) is 10.0. The Bertz CT molecular complexity index is 905. The van der Waals surface area contributed by atoms with Gasteiger partial charge in [-0.25, -0.2) is 0 Å². The van der Waals surface area contributed by atoms with Crippen LogP contribution in [0.15, 0.2) is 87.5 Å². The molecule has 0 bridgehead atoms. The number of aliphatic imine (C=N–C) groups is 1. The smallest absolute Gasteiger partial charge is 0.0627 e. The standard InChI is InChI=1S/C16H17ClO.C10H14N2/c1-3-4-16(17)15(11-12-18)10-9-14-7-5-13(2)6-8-14;1-2-9-4-3-6-12-7-5-10(9)8-11/h4-8,11,18H,3,12H2,1-2H3;2-5,7H,6,8,11H2,1H3/b15-11-,16-4+;4-3-,9-2+,10-5-,12-7?. The fourth-order valence-electron chi connectivity index (χ4n) is 2.48. The fraction of sp³-hybridized carbons (Fsp3) is 0.269. The van der Waals surface area contributed by atoms with Gasteiger partial charge in [0.15, 0.2) is 0 Å². The number of rotatable bonds is 4. The van der Waals surface area contributed by atoms with Crippen LogP contribution in [-0.4, -0.2) is 31.0 Å². The van der Waals surface area contributed by atoms with Crippen molar-refractivity contribution in [3.8, 4) is 11.8 Å². The molecule has 3 nitrogen and oxygen atoms in total. The predicted molar refractivity (Wildman–Crippen MR) is 131 cm³/mol. The van der Waals surface area contributed by atoms with Crippen LogP contribution in [-0.2, 0) is 0 Å². The van der Waals surface area contributed by atoms with Gasteiger partial charge in [0.05, 0.1) is 18.2 Å². The van der Waals surface area contributed by atoms with Crippen molar-refractivity contribution in [3.63, 3.8) is 0 Å². The first-order valence-corrected chi connectivity index (χ1v) is 10.4. The Labute approximate surface area is 186 Å². The lowest BCUT2D eigenvalue weighted by Crippen LogP contribution is -2.05. The topological polar surface area (TPSA) is 58.6 Å². The fourth-order valence-corrected chi connectivity index (χ4v) is 2.76. The molecule has 0 saturated carbocycles. The van der Waals surface area contributed by atoms with E-state index in [1.807, 2.05) is 69.5 Å². The minimum Gasteiger partial charge on any atom is -0.392 e. The number of hydrogen-bond donors (Lipinski definition) is 2. The number of nitrogens with zero attached hydrogens (tertiary/aromatic N) is 1. The molecule has 0 atom stereocenters. The van der Waals surface area contributed by atoms with Crippen molar-refractivity contribution >= 4 is 17.8 Å². The molecule has 0 aliphatic carbocycles. The van der Waals surface area contributed by atoms with E-state index < -0.39 is 0 Å². The highest BCUT2D eigenvalue weighted by Gasteiger charge is 1.98. The van der Waals surface area contributed by atoms with Crippen LogP contribution in [0.3, 0.4) is 0 Å². The molecule has 0 spiro atoms. The normalized spacial score (nSPS) is 18.2. The lowest BCUT2D eigenvalue weighted by Gasteiger charge is -2.05. The molecule has 1 aliphatic heterocycles. The molecule has 158 valence electrons. The van der Waals surface area contributed by atoms with Crippen molar-refractivity contribution in [1.29, 1.82) is 0 Å². The molecular formula is C26H31ClN2O. The number of aryl methyl sites for hydroxylation is 1. The number of aliphatic hydroxyl groups is 1. The maximum atomic E-state index is 8.96. The Morgan fingerprint density at radius 1 is 1.27 bits per heavy atom. The molecule has 0 unspecified atom stereocenters. The summed E-state index contributed by atoms with van der Waals surface area (Å²) in [7, 11) is 0. The molecule has 0 amide bonds. The van der Waals surface area contributed by atoms with Gasteiger partial charge >= 0.3 is 0 Å². The lowest BCUT2D eigenvalue weighted by atomic mass is 10.0.